The fourth-order valence-corrected chi connectivity index (χ4v) is 3.36. The lowest BCUT2D eigenvalue weighted by Crippen LogP contribution is -2.42. The van der Waals surface area contributed by atoms with Crippen LogP contribution in [-0.4, -0.2) is 34.0 Å². The number of sulfonamides is 1. The first kappa shape index (κ1) is 19.4. The van der Waals surface area contributed by atoms with Crippen LogP contribution in [0.2, 0.25) is 0 Å². The lowest BCUT2D eigenvalue weighted by molar-refractivity contribution is -0.121. The molecular formula is C16H26N2O4S. The lowest BCUT2D eigenvalue weighted by atomic mass is 10.0. The van der Waals surface area contributed by atoms with Gasteiger partial charge in [-0.2, -0.15) is 0 Å². The van der Waals surface area contributed by atoms with E-state index in [1.165, 1.54) is 19.2 Å². The second-order valence-corrected chi connectivity index (χ2v) is 7.42. The Morgan fingerprint density at radius 1 is 1.22 bits per heavy atom. The summed E-state index contributed by atoms with van der Waals surface area (Å²) in [5.41, 5.74) is 0. The highest BCUT2D eigenvalue weighted by atomic mass is 32.2. The number of rotatable bonds is 9. The molecule has 0 radical (unpaired) electrons. The van der Waals surface area contributed by atoms with Gasteiger partial charge in [0, 0.05) is 19.0 Å². The Morgan fingerprint density at radius 2 is 1.83 bits per heavy atom. The monoisotopic (exact) mass is 342 g/mol. The van der Waals surface area contributed by atoms with Gasteiger partial charge in [-0.1, -0.05) is 20.8 Å². The standard InChI is InChI=1S/C16H26N2O4S/c1-5-10-17-16(19)11-15(12(2)3)18-23(20,21)14-8-6-13(22-4)7-9-14/h6-9,12,15,18H,5,10-11H2,1-4H3,(H,17,19). The minimum atomic E-state index is -3.68. The Bertz CT molecular complexity index is 597. The number of carbonyl (C=O) groups excluding carboxylic acids is 1. The Labute approximate surface area is 138 Å². The number of carbonyl (C=O) groups is 1. The number of nitrogens with one attached hydrogen (secondary N) is 2. The van der Waals surface area contributed by atoms with Crippen molar-refractivity contribution in [2.45, 2.75) is 44.6 Å². The zero-order valence-electron chi connectivity index (χ0n) is 14.1. The van der Waals surface area contributed by atoms with Crippen LogP contribution in [0, 0.1) is 5.92 Å². The largest absolute Gasteiger partial charge is 0.497 e. The van der Waals surface area contributed by atoms with Gasteiger partial charge in [-0.25, -0.2) is 13.1 Å². The van der Waals surface area contributed by atoms with Crippen molar-refractivity contribution in [2.75, 3.05) is 13.7 Å². The van der Waals surface area contributed by atoms with Crippen molar-refractivity contribution in [3.63, 3.8) is 0 Å². The lowest BCUT2D eigenvalue weighted by Gasteiger charge is -2.22. The molecule has 0 spiro atoms. The molecule has 0 aliphatic heterocycles. The quantitative estimate of drug-likeness (QED) is 0.718. The summed E-state index contributed by atoms with van der Waals surface area (Å²) < 4.78 is 32.6. The Balaban J connectivity index is 2.82. The van der Waals surface area contributed by atoms with Crippen LogP contribution >= 0.6 is 0 Å². The van der Waals surface area contributed by atoms with E-state index in [0.29, 0.717) is 12.3 Å². The van der Waals surface area contributed by atoms with Crippen molar-refractivity contribution in [1.82, 2.24) is 10.0 Å². The van der Waals surface area contributed by atoms with E-state index >= 15 is 0 Å². The van der Waals surface area contributed by atoms with E-state index in [1.807, 2.05) is 20.8 Å². The number of amides is 1. The van der Waals surface area contributed by atoms with Gasteiger partial charge in [0.1, 0.15) is 5.75 Å². The average Bonchev–Trinajstić information content (AvgIpc) is 2.52. The summed E-state index contributed by atoms with van der Waals surface area (Å²) in [5.74, 6) is 0.432. The third kappa shape index (κ3) is 6.19. The number of hydrogen-bond donors (Lipinski definition) is 2. The molecule has 0 fully saturated rings. The van der Waals surface area contributed by atoms with Crippen LogP contribution in [0.1, 0.15) is 33.6 Å². The average molecular weight is 342 g/mol. The van der Waals surface area contributed by atoms with Crippen LogP contribution in [0.15, 0.2) is 29.2 Å². The van der Waals surface area contributed by atoms with Crippen LogP contribution < -0.4 is 14.8 Å². The molecule has 2 N–H and O–H groups in total. The minimum absolute atomic E-state index is 0.00426. The molecule has 0 bridgehead atoms. The molecule has 0 saturated heterocycles. The van der Waals surface area contributed by atoms with E-state index in [4.69, 9.17) is 4.74 Å². The van der Waals surface area contributed by atoms with Gasteiger partial charge in [-0.3, -0.25) is 4.79 Å². The molecule has 23 heavy (non-hydrogen) atoms. The maximum atomic E-state index is 12.5. The highest BCUT2D eigenvalue weighted by Gasteiger charge is 2.24. The van der Waals surface area contributed by atoms with Gasteiger partial charge in [0.15, 0.2) is 0 Å². The second kappa shape index (κ2) is 8.88. The topological polar surface area (TPSA) is 84.5 Å². The number of ether oxygens (including phenoxy) is 1. The van der Waals surface area contributed by atoms with Gasteiger partial charge in [0.05, 0.1) is 12.0 Å². The van der Waals surface area contributed by atoms with Gasteiger partial charge < -0.3 is 10.1 Å². The fraction of sp³-hybridized carbons (Fsp3) is 0.562. The maximum Gasteiger partial charge on any atom is 0.240 e. The summed E-state index contributed by atoms with van der Waals surface area (Å²) in [6.45, 7) is 6.32. The highest BCUT2D eigenvalue weighted by Crippen LogP contribution is 2.17. The molecule has 0 aliphatic rings. The summed E-state index contributed by atoms with van der Waals surface area (Å²) in [6, 6.07) is 5.68. The number of hydrogen-bond acceptors (Lipinski definition) is 4. The van der Waals surface area contributed by atoms with Crippen molar-refractivity contribution in [2.24, 2.45) is 5.92 Å². The molecule has 1 atom stereocenters. The molecule has 130 valence electrons. The predicted molar refractivity (Wildman–Crippen MR) is 89.9 cm³/mol. The van der Waals surface area contributed by atoms with Gasteiger partial charge in [-0.05, 0) is 36.6 Å². The zero-order valence-corrected chi connectivity index (χ0v) is 14.9. The molecule has 1 amide bonds. The Kier molecular flexibility index (Phi) is 7.51. The summed E-state index contributed by atoms with van der Waals surface area (Å²) in [4.78, 5) is 12.0. The Morgan fingerprint density at radius 3 is 2.30 bits per heavy atom. The van der Waals surface area contributed by atoms with Crippen LogP contribution in [0.25, 0.3) is 0 Å². The first-order valence-corrected chi connectivity index (χ1v) is 9.21. The number of methoxy groups -OCH3 is 1. The second-order valence-electron chi connectivity index (χ2n) is 5.70. The van der Waals surface area contributed by atoms with Crippen LogP contribution in [0.5, 0.6) is 5.75 Å². The zero-order chi connectivity index (χ0) is 17.5. The van der Waals surface area contributed by atoms with Crippen molar-refractivity contribution in [3.8, 4) is 5.75 Å². The summed E-state index contributed by atoms with van der Waals surface area (Å²) in [5, 5.41) is 2.77. The summed E-state index contributed by atoms with van der Waals surface area (Å²) in [7, 11) is -2.16. The maximum absolute atomic E-state index is 12.5. The SMILES string of the molecule is CCCNC(=O)CC(NS(=O)(=O)c1ccc(OC)cc1)C(C)C. The highest BCUT2D eigenvalue weighted by molar-refractivity contribution is 7.89. The molecule has 7 heteroatoms. The van der Waals surface area contributed by atoms with Crippen molar-refractivity contribution >= 4 is 15.9 Å². The molecule has 0 saturated carbocycles. The van der Waals surface area contributed by atoms with E-state index < -0.39 is 16.1 Å². The number of benzene rings is 1. The van der Waals surface area contributed by atoms with E-state index in [-0.39, 0.29) is 23.1 Å². The normalized spacial score (nSPS) is 12.9. The van der Waals surface area contributed by atoms with Gasteiger partial charge in [0.2, 0.25) is 15.9 Å². The predicted octanol–water partition coefficient (Wildman–Crippen LogP) is 1.91. The van der Waals surface area contributed by atoms with Gasteiger partial charge in [0.25, 0.3) is 0 Å². The molecule has 1 aromatic carbocycles. The van der Waals surface area contributed by atoms with Crippen LogP contribution in [0.4, 0.5) is 0 Å². The molecule has 6 nitrogen and oxygen atoms in total. The fourth-order valence-electron chi connectivity index (χ4n) is 1.97. The van der Waals surface area contributed by atoms with Crippen LogP contribution in [-0.2, 0) is 14.8 Å². The Hall–Kier alpha value is -1.60. The molecular weight excluding hydrogens is 316 g/mol. The third-order valence-corrected chi connectivity index (χ3v) is 4.96. The van der Waals surface area contributed by atoms with E-state index in [2.05, 4.69) is 10.0 Å². The smallest absolute Gasteiger partial charge is 0.240 e. The summed E-state index contributed by atoms with van der Waals surface area (Å²) >= 11 is 0. The minimum Gasteiger partial charge on any atom is -0.497 e. The molecule has 1 rings (SSSR count). The van der Waals surface area contributed by atoms with E-state index in [0.717, 1.165) is 6.42 Å². The van der Waals surface area contributed by atoms with Crippen LogP contribution in [0.3, 0.4) is 0 Å². The third-order valence-electron chi connectivity index (χ3n) is 3.46. The first-order valence-electron chi connectivity index (χ1n) is 7.73. The molecule has 1 aromatic rings. The molecule has 0 aromatic heterocycles. The summed E-state index contributed by atoms with van der Waals surface area (Å²) in [6.07, 6.45) is 0.961. The van der Waals surface area contributed by atoms with E-state index in [1.54, 1.807) is 12.1 Å². The molecule has 0 heterocycles. The van der Waals surface area contributed by atoms with E-state index in [9.17, 15) is 13.2 Å². The van der Waals surface area contributed by atoms with Crippen molar-refractivity contribution in [3.05, 3.63) is 24.3 Å². The van der Waals surface area contributed by atoms with Gasteiger partial charge >= 0.3 is 0 Å². The first-order chi connectivity index (χ1) is 10.8. The van der Waals surface area contributed by atoms with Crippen molar-refractivity contribution in [1.29, 1.82) is 0 Å². The molecule has 1 unspecified atom stereocenters. The molecule has 0 aliphatic carbocycles. The van der Waals surface area contributed by atoms with Crippen molar-refractivity contribution < 1.29 is 17.9 Å². The van der Waals surface area contributed by atoms with Gasteiger partial charge in [-0.15, -0.1) is 0 Å².